The minimum Gasteiger partial charge on any atom is -0.0651 e. The van der Waals surface area contributed by atoms with Crippen molar-refractivity contribution >= 4 is 43.1 Å². The van der Waals surface area contributed by atoms with Crippen molar-refractivity contribution in [3.8, 4) is 0 Å². The molecule has 120 valence electrons. The lowest BCUT2D eigenvalue weighted by Gasteiger charge is -2.11. The first-order chi connectivity index (χ1) is 12.3. The fraction of sp³-hybridized carbons (Fsp3) is 0.120. The molecule has 0 saturated heterocycles. The van der Waals surface area contributed by atoms with Crippen molar-refractivity contribution in [2.45, 2.75) is 19.8 Å². The molecule has 5 aromatic rings. The lowest BCUT2D eigenvalue weighted by molar-refractivity contribution is 0.924. The summed E-state index contributed by atoms with van der Waals surface area (Å²) in [6.07, 6.45) is 2.33. The molecule has 25 heavy (non-hydrogen) atoms. The Morgan fingerprint density at radius 1 is 0.520 bits per heavy atom. The van der Waals surface area contributed by atoms with Gasteiger partial charge in [-0.2, -0.15) is 0 Å². The maximum Gasteiger partial charge on any atom is -0.00987 e. The van der Waals surface area contributed by atoms with Crippen LogP contribution in [0.5, 0.6) is 0 Å². The fourth-order valence-electron chi connectivity index (χ4n) is 4.13. The lowest BCUT2D eigenvalue weighted by atomic mass is 9.93. The average Bonchev–Trinajstić information content (AvgIpc) is 2.67. The Labute approximate surface area is 147 Å². The summed E-state index contributed by atoms with van der Waals surface area (Å²) in [5.41, 5.74) is 1.43. The van der Waals surface area contributed by atoms with Crippen molar-refractivity contribution in [2.75, 3.05) is 0 Å². The molecule has 0 spiro atoms. The van der Waals surface area contributed by atoms with Gasteiger partial charge in [0, 0.05) is 0 Å². The van der Waals surface area contributed by atoms with Crippen molar-refractivity contribution < 1.29 is 0 Å². The highest BCUT2D eigenvalue weighted by Crippen LogP contribution is 2.34. The van der Waals surface area contributed by atoms with Gasteiger partial charge >= 0.3 is 0 Å². The zero-order valence-corrected chi connectivity index (χ0v) is 14.4. The van der Waals surface area contributed by atoms with Crippen molar-refractivity contribution in [2.24, 2.45) is 0 Å². The molecule has 0 bridgehead atoms. The third kappa shape index (κ3) is 2.21. The molecule has 0 saturated carbocycles. The molecule has 5 aromatic carbocycles. The van der Waals surface area contributed by atoms with Crippen LogP contribution in [0.4, 0.5) is 0 Å². The Morgan fingerprint density at radius 2 is 1.08 bits per heavy atom. The predicted molar refractivity (Wildman–Crippen MR) is 110 cm³/mol. The highest BCUT2D eigenvalue weighted by atomic mass is 14.1. The molecule has 0 atom stereocenters. The standard InChI is InChI=1S/C25H20/c1-2-5-17-8-9-19-11-13-23-22-12-10-18-6-3-4-7-20(18)21(22)14-15-24(23)25(19)16-17/h3-4,6-16H,2,5H2,1H3. The summed E-state index contributed by atoms with van der Waals surface area (Å²) in [4.78, 5) is 0. The second-order valence-electron chi connectivity index (χ2n) is 6.91. The molecule has 0 nitrogen and oxygen atoms in total. The molecule has 0 heterocycles. The van der Waals surface area contributed by atoms with Crippen LogP contribution in [0.3, 0.4) is 0 Å². The van der Waals surface area contributed by atoms with Crippen molar-refractivity contribution in [1.82, 2.24) is 0 Å². The Hall–Kier alpha value is -2.86. The van der Waals surface area contributed by atoms with E-state index in [0.29, 0.717) is 0 Å². The molecule has 0 aromatic heterocycles. The third-order valence-electron chi connectivity index (χ3n) is 5.34. The average molecular weight is 320 g/mol. The minimum absolute atomic E-state index is 1.14. The molecule has 0 unspecified atom stereocenters. The molecule has 0 aliphatic carbocycles. The molecule has 5 rings (SSSR count). The summed E-state index contributed by atoms with van der Waals surface area (Å²) >= 11 is 0. The smallest absolute Gasteiger partial charge is 0.00987 e. The van der Waals surface area contributed by atoms with Gasteiger partial charge in [-0.3, -0.25) is 0 Å². The van der Waals surface area contributed by atoms with E-state index in [-0.39, 0.29) is 0 Å². The third-order valence-corrected chi connectivity index (χ3v) is 5.34. The first-order valence-electron chi connectivity index (χ1n) is 9.11. The maximum atomic E-state index is 2.38. The van der Waals surface area contributed by atoms with E-state index >= 15 is 0 Å². The highest BCUT2D eigenvalue weighted by Gasteiger charge is 2.07. The van der Waals surface area contributed by atoms with Crippen molar-refractivity contribution in [3.05, 3.63) is 84.4 Å². The van der Waals surface area contributed by atoms with Crippen molar-refractivity contribution in [1.29, 1.82) is 0 Å². The Kier molecular flexibility index (Phi) is 3.24. The molecule has 0 aliphatic heterocycles. The quantitative estimate of drug-likeness (QED) is 0.300. The zero-order chi connectivity index (χ0) is 16.8. The number of benzene rings is 5. The van der Waals surface area contributed by atoms with Gasteiger partial charge in [0.05, 0.1) is 0 Å². The van der Waals surface area contributed by atoms with Crippen LogP contribution in [0.1, 0.15) is 18.9 Å². The molecule has 0 fully saturated rings. The summed E-state index contributed by atoms with van der Waals surface area (Å²) in [6.45, 7) is 2.24. The van der Waals surface area contributed by atoms with Crippen molar-refractivity contribution in [3.63, 3.8) is 0 Å². The van der Waals surface area contributed by atoms with Gasteiger partial charge in [0.25, 0.3) is 0 Å². The van der Waals surface area contributed by atoms with Gasteiger partial charge in [0.1, 0.15) is 0 Å². The predicted octanol–water partition coefficient (Wildman–Crippen LogP) is 7.25. The Morgan fingerprint density at radius 3 is 1.84 bits per heavy atom. The van der Waals surface area contributed by atoms with E-state index in [1.807, 2.05) is 0 Å². The summed E-state index contributed by atoms with van der Waals surface area (Å²) in [7, 11) is 0. The molecule has 0 radical (unpaired) electrons. The second-order valence-corrected chi connectivity index (χ2v) is 6.91. The minimum atomic E-state index is 1.14. The maximum absolute atomic E-state index is 2.38. The Bertz CT molecular complexity index is 1240. The van der Waals surface area contributed by atoms with Crippen LogP contribution in [-0.4, -0.2) is 0 Å². The zero-order valence-electron chi connectivity index (χ0n) is 14.4. The second kappa shape index (κ2) is 5.60. The van der Waals surface area contributed by atoms with E-state index < -0.39 is 0 Å². The normalized spacial score (nSPS) is 11.7. The van der Waals surface area contributed by atoms with Gasteiger partial charge in [-0.25, -0.2) is 0 Å². The van der Waals surface area contributed by atoms with Gasteiger partial charge in [0.15, 0.2) is 0 Å². The molecule has 0 heteroatoms. The van der Waals surface area contributed by atoms with E-state index in [2.05, 4.69) is 85.8 Å². The van der Waals surface area contributed by atoms with Gasteiger partial charge in [-0.15, -0.1) is 0 Å². The molecule has 0 amide bonds. The fourth-order valence-corrected chi connectivity index (χ4v) is 4.13. The van der Waals surface area contributed by atoms with E-state index in [1.165, 1.54) is 55.1 Å². The topological polar surface area (TPSA) is 0 Å². The van der Waals surface area contributed by atoms with Crippen LogP contribution in [0.15, 0.2) is 78.9 Å². The lowest BCUT2D eigenvalue weighted by Crippen LogP contribution is -1.86. The number of hydrogen-bond donors (Lipinski definition) is 0. The van der Waals surface area contributed by atoms with Gasteiger partial charge < -0.3 is 0 Å². The van der Waals surface area contributed by atoms with E-state index in [4.69, 9.17) is 0 Å². The van der Waals surface area contributed by atoms with Gasteiger partial charge in [-0.1, -0.05) is 92.2 Å². The van der Waals surface area contributed by atoms with Gasteiger partial charge in [-0.05, 0) is 55.1 Å². The number of aryl methyl sites for hydroxylation is 1. The molecule has 0 aliphatic rings. The largest absolute Gasteiger partial charge is 0.0651 e. The number of fused-ring (bicyclic) bond motifs is 7. The summed E-state index contributed by atoms with van der Waals surface area (Å²) in [5, 5.41) is 10.7. The van der Waals surface area contributed by atoms with Crippen LogP contribution in [-0.2, 0) is 6.42 Å². The first kappa shape index (κ1) is 14.5. The number of hydrogen-bond acceptors (Lipinski definition) is 0. The van der Waals surface area contributed by atoms with E-state index in [0.717, 1.165) is 6.42 Å². The monoisotopic (exact) mass is 320 g/mol. The molecular formula is C25H20. The van der Waals surface area contributed by atoms with Crippen LogP contribution in [0.25, 0.3) is 43.1 Å². The van der Waals surface area contributed by atoms with Crippen LogP contribution in [0.2, 0.25) is 0 Å². The Balaban J connectivity index is 1.91. The van der Waals surface area contributed by atoms with Crippen LogP contribution >= 0.6 is 0 Å². The van der Waals surface area contributed by atoms with Crippen LogP contribution < -0.4 is 0 Å². The van der Waals surface area contributed by atoms with Crippen LogP contribution in [0, 0.1) is 0 Å². The van der Waals surface area contributed by atoms with Gasteiger partial charge in [0.2, 0.25) is 0 Å². The summed E-state index contributed by atoms with van der Waals surface area (Å²) in [6, 6.07) is 29.3. The van der Waals surface area contributed by atoms with E-state index in [9.17, 15) is 0 Å². The highest BCUT2D eigenvalue weighted by molar-refractivity contribution is 6.22. The molecular weight excluding hydrogens is 300 g/mol. The first-order valence-corrected chi connectivity index (χ1v) is 9.11. The van der Waals surface area contributed by atoms with E-state index in [1.54, 1.807) is 0 Å². The summed E-state index contributed by atoms with van der Waals surface area (Å²) < 4.78 is 0. The SMILES string of the molecule is CCCc1ccc2ccc3c(ccc4c5ccccc5ccc43)c2c1. The summed E-state index contributed by atoms with van der Waals surface area (Å²) in [5.74, 6) is 0. The number of rotatable bonds is 2. The molecule has 0 N–H and O–H groups in total.